The van der Waals surface area contributed by atoms with E-state index in [0.29, 0.717) is 12.1 Å². The molecule has 24 heavy (non-hydrogen) atoms. The molecule has 4 unspecified atom stereocenters. The standard InChI is InChI=1S/C17H30ClN5O/c18-16-15(8-20-21-17(16)24)22-7-6-14-13(10-22)19-11-23(14)9-12-4-2-1-3-5-12/h12-16,19-20H,1-11H2,(H,21,24). The molecule has 0 bridgehead atoms. The first-order chi connectivity index (χ1) is 11.7. The van der Waals surface area contributed by atoms with Gasteiger partial charge in [0.2, 0.25) is 0 Å². The van der Waals surface area contributed by atoms with E-state index in [1.54, 1.807) is 0 Å². The van der Waals surface area contributed by atoms with Crippen LogP contribution in [0.2, 0.25) is 0 Å². The van der Waals surface area contributed by atoms with Crippen molar-refractivity contribution in [2.75, 3.05) is 32.8 Å². The van der Waals surface area contributed by atoms with Crippen molar-refractivity contribution in [2.45, 2.75) is 62.0 Å². The quantitative estimate of drug-likeness (QED) is 0.643. The van der Waals surface area contributed by atoms with Gasteiger partial charge in [-0.2, -0.15) is 0 Å². The highest BCUT2D eigenvalue weighted by Gasteiger charge is 2.43. The number of halogens is 1. The maximum Gasteiger partial charge on any atom is 0.253 e. The fourth-order valence-electron chi connectivity index (χ4n) is 5.06. The van der Waals surface area contributed by atoms with Gasteiger partial charge in [-0.15, -0.1) is 11.6 Å². The molecule has 0 aromatic rings. The zero-order chi connectivity index (χ0) is 16.5. The van der Waals surface area contributed by atoms with Gasteiger partial charge in [-0.05, 0) is 25.2 Å². The predicted octanol–water partition coefficient (Wildman–Crippen LogP) is 0.483. The Morgan fingerprint density at radius 3 is 2.79 bits per heavy atom. The molecular formula is C17H30ClN5O. The maximum atomic E-state index is 11.8. The smallest absolute Gasteiger partial charge is 0.253 e. The Balaban J connectivity index is 1.33. The minimum absolute atomic E-state index is 0.0931. The Bertz CT molecular complexity index is 458. The summed E-state index contributed by atoms with van der Waals surface area (Å²) in [7, 11) is 0. The number of likely N-dealkylation sites (tertiary alicyclic amines) is 1. The lowest BCUT2D eigenvalue weighted by Gasteiger charge is -2.44. The van der Waals surface area contributed by atoms with Gasteiger partial charge < -0.3 is 0 Å². The number of alkyl halides is 1. The fraction of sp³-hybridized carbons (Fsp3) is 0.941. The van der Waals surface area contributed by atoms with Crippen LogP contribution >= 0.6 is 11.6 Å². The average molecular weight is 356 g/mol. The van der Waals surface area contributed by atoms with Crippen LogP contribution in [0.5, 0.6) is 0 Å². The first kappa shape index (κ1) is 17.0. The Morgan fingerprint density at radius 1 is 1.12 bits per heavy atom. The normalized spacial score (nSPS) is 39.6. The van der Waals surface area contributed by atoms with Crippen molar-refractivity contribution in [1.82, 2.24) is 26.0 Å². The number of hydrazine groups is 1. The average Bonchev–Trinajstić information content (AvgIpc) is 3.00. The summed E-state index contributed by atoms with van der Waals surface area (Å²) in [6.45, 7) is 5.04. The molecule has 4 atom stereocenters. The van der Waals surface area contributed by atoms with Crippen molar-refractivity contribution in [3.05, 3.63) is 0 Å². The van der Waals surface area contributed by atoms with E-state index in [9.17, 15) is 4.79 Å². The lowest BCUT2D eigenvalue weighted by atomic mass is 9.88. The molecule has 4 aliphatic rings. The highest BCUT2D eigenvalue weighted by atomic mass is 35.5. The van der Waals surface area contributed by atoms with Gasteiger partial charge in [0.25, 0.3) is 5.91 Å². The van der Waals surface area contributed by atoms with Crippen LogP contribution < -0.4 is 16.2 Å². The Labute approximate surface area is 149 Å². The summed E-state index contributed by atoms with van der Waals surface area (Å²) in [5.74, 6) is 0.795. The van der Waals surface area contributed by atoms with E-state index in [0.717, 1.165) is 32.2 Å². The summed E-state index contributed by atoms with van der Waals surface area (Å²) in [6.07, 6.45) is 8.27. The van der Waals surface area contributed by atoms with E-state index < -0.39 is 5.38 Å². The van der Waals surface area contributed by atoms with Crippen molar-refractivity contribution in [1.29, 1.82) is 0 Å². The minimum atomic E-state index is -0.456. The van der Waals surface area contributed by atoms with E-state index in [4.69, 9.17) is 11.6 Å². The first-order valence-electron chi connectivity index (χ1n) is 9.60. The Hall–Kier alpha value is -0.400. The van der Waals surface area contributed by atoms with Gasteiger partial charge in [-0.1, -0.05) is 19.3 Å². The zero-order valence-electron chi connectivity index (χ0n) is 14.3. The van der Waals surface area contributed by atoms with E-state index in [1.165, 1.54) is 45.1 Å². The number of rotatable bonds is 3. The van der Waals surface area contributed by atoms with E-state index in [-0.39, 0.29) is 11.9 Å². The van der Waals surface area contributed by atoms with Crippen molar-refractivity contribution >= 4 is 17.5 Å². The summed E-state index contributed by atoms with van der Waals surface area (Å²) in [4.78, 5) is 16.9. The maximum absolute atomic E-state index is 11.8. The molecule has 3 saturated heterocycles. The topological polar surface area (TPSA) is 59.6 Å². The molecule has 3 N–H and O–H groups in total. The molecule has 4 rings (SSSR count). The SMILES string of the molecule is O=C1NNCC(N2CCC3C(C2)NCN3CC2CCCCC2)C1Cl. The van der Waals surface area contributed by atoms with Gasteiger partial charge in [-0.3, -0.25) is 25.3 Å². The fourth-order valence-corrected chi connectivity index (χ4v) is 5.36. The number of carbonyl (C=O) groups is 1. The largest absolute Gasteiger partial charge is 0.299 e. The number of hydrogen-bond acceptors (Lipinski definition) is 5. The number of fused-ring (bicyclic) bond motifs is 1. The third-order valence-electron chi connectivity index (χ3n) is 6.43. The summed E-state index contributed by atoms with van der Waals surface area (Å²) >= 11 is 6.34. The number of carbonyl (C=O) groups excluding carboxylic acids is 1. The molecular weight excluding hydrogens is 326 g/mol. The molecule has 3 aliphatic heterocycles. The number of piperidine rings is 1. The summed E-state index contributed by atoms with van der Waals surface area (Å²) in [5, 5.41) is 3.26. The van der Waals surface area contributed by atoms with Crippen LogP contribution in [-0.4, -0.2) is 72.1 Å². The number of nitrogens with zero attached hydrogens (tertiary/aromatic N) is 2. The zero-order valence-corrected chi connectivity index (χ0v) is 15.1. The second-order valence-corrected chi connectivity index (χ2v) is 8.40. The molecule has 1 amide bonds. The van der Waals surface area contributed by atoms with Gasteiger partial charge in [0.1, 0.15) is 5.38 Å². The molecule has 7 heteroatoms. The lowest BCUT2D eigenvalue weighted by Crippen LogP contribution is -2.65. The Kier molecular flexibility index (Phi) is 5.29. The van der Waals surface area contributed by atoms with Crippen molar-refractivity contribution in [3.63, 3.8) is 0 Å². The molecule has 0 radical (unpaired) electrons. The van der Waals surface area contributed by atoms with Gasteiger partial charge >= 0.3 is 0 Å². The summed E-state index contributed by atoms with van der Waals surface area (Å²) in [5.41, 5.74) is 5.61. The number of hydrogen-bond donors (Lipinski definition) is 3. The third kappa shape index (κ3) is 3.44. The highest BCUT2D eigenvalue weighted by molar-refractivity contribution is 6.31. The summed E-state index contributed by atoms with van der Waals surface area (Å²) in [6, 6.07) is 1.26. The van der Waals surface area contributed by atoms with Crippen LogP contribution in [0.25, 0.3) is 0 Å². The van der Waals surface area contributed by atoms with Crippen molar-refractivity contribution in [2.24, 2.45) is 5.92 Å². The first-order valence-corrected chi connectivity index (χ1v) is 10.0. The second kappa shape index (κ2) is 7.46. The van der Waals surface area contributed by atoms with Gasteiger partial charge in [0.05, 0.1) is 0 Å². The minimum Gasteiger partial charge on any atom is -0.299 e. The van der Waals surface area contributed by atoms with Gasteiger partial charge in [0.15, 0.2) is 0 Å². The van der Waals surface area contributed by atoms with E-state index in [1.807, 2.05) is 0 Å². The van der Waals surface area contributed by atoms with E-state index >= 15 is 0 Å². The van der Waals surface area contributed by atoms with Crippen molar-refractivity contribution in [3.8, 4) is 0 Å². The van der Waals surface area contributed by atoms with Gasteiger partial charge in [-0.25, -0.2) is 5.43 Å². The monoisotopic (exact) mass is 355 g/mol. The van der Waals surface area contributed by atoms with Crippen LogP contribution in [-0.2, 0) is 4.79 Å². The molecule has 3 heterocycles. The molecule has 6 nitrogen and oxygen atoms in total. The third-order valence-corrected chi connectivity index (χ3v) is 6.92. The Morgan fingerprint density at radius 2 is 1.96 bits per heavy atom. The molecule has 1 saturated carbocycles. The molecule has 4 fully saturated rings. The van der Waals surface area contributed by atoms with Crippen LogP contribution in [0, 0.1) is 5.92 Å². The summed E-state index contributed by atoms with van der Waals surface area (Å²) < 4.78 is 0. The predicted molar refractivity (Wildman–Crippen MR) is 94.6 cm³/mol. The van der Waals surface area contributed by atoms with Crippen LogP contribution in [0.1, 0.15) is 38.5 Å². The van der Waals surface area contributed by atoms with Crippen LogP contribution in [0.3, 0.4) is 0 Å². The van der Waals surface area contributed by atoms with E-state index in [2.05, 4.69) is 26.0 Å². The highest BCUT2D eigenvalue weighted by Crippen LogP contribution is 2.29. The number of nitrogens with one attached hydrogen (secondary N) is 3. The molecule has 0 aromatic heterocycles. The molecule has 0 aromatic carbocycles. The lowest BCUT2D eigenvalue weighted by molar-refractivity contribution is -0.125. The molecule has 1 aliphatic carbocycles. The molecule has 136 valence electrons. The van der Waals surface area contributed by atoms with Crippen molar-refractivity contribution < 1.29 is 4.79 Å². The van der Waals surface area contributed by atoms with Gasteiger partial charge in [0, 0.05) is 51.0 Å². The molecule has 0 spiro atoms. The second-order valence-electron chi connectivity index (χ2n) is 7.93. The van der Waals surface area contributed by atoms with Crippen LogP contribution in [0.4, 0.5) is 0 Å². The number of amides is 1. The van der Waals surface area contributed by atoms with Crippen LogP contribution in [0.15, 0.2) is 0 Å².